The molecular weight excluding hydrogens is 405 g/mol. The molecule has 0 saturated heterocycles. The van der Waals surface area contributed by atoms with Crippen LogP contribution in [0.1, 0.15) is 18.1 Å². The summed E-state index contributed by atoms with van der Waals surface area (Å²) < 4.78 is 11.9. The lowest BCUT2D eigenvalue weighted by Crippen LogP contribution is -2.33. The number of nitrogens with one attached hydrogen (secondary N) is 2. The third kappa shape index (κ3) is 4.60. The highest BCUT2D eigenvalue weighted by Crippen LogP contribution is 2.43. The third-order valence-electron chi connectivity index (χ3n) is 4.49. The quantitative estimate of drug-likeness (QED) is 0.356. The summed E-state index contributed by atoms with van der Waals surface area (Å²) in [5.74, 6) is -1.07. The van der Waals surface area contributed by atoms with Gasteiger partial charge < -0.3 is 19.8 Å². The SMILES string of the molecule is CC(N(Cc1ccccc1)Cc1cc(Cl)cc2[nH]c(=O)c(=O)[nH]c12)P(=O)(O)O. The van der Waals surface area contributed by atoms with Crippen molar-refractivity contribution in [1.82, 2.24) is 14.9 Å². The van der Waals surface area contributed by atoms with Gasteiger partial charge in [-0.2, -0.15) is 0 Å². The van der Waals surface area contributed by atoms with Gasteiger partial charge in [0.05, 0.1) is 11.0 Å². The molecule has 0 radical (unpaired) electrons. The maximum Gasteiger partial charge on any atom is 0.342 e. The van der Waals surface area contributed by atoms with E-state index in [-0.39, 0.29) is 13.1 Å². The number of hydrogen-bond acceptors (Lipinski definition) is 4. The van der Waals surface area contributed by atoms with Gasteiger partial charge in [0.25, 0.3) is 0 Å². The van der Waals surface area contributed by atoms with Crippen LogP contribution >= 0.6 is 19.2 Å². The Hall–Kier alpha value is -2.22. The molecule has 0 amide bonds. The van der Waals surface area contributed by atoms with E-state index in [1.54, 1.807) is 11.0 Å². The van der Waals surface area contributed by atoms with Gasteiger partial charge in [0.15, 0.2) is 0 Å². The molecule has 1 unspecified atom stereocenters. The highest BCUT2D eigenvalue weighted by atomic mass is 35.5. The Bertz CT molecular complexity index is 1160. The summed E-state index contributed by atoms with van der Waals surface area (Å²) in [7, 11) is -4.41. The lowest BCUT2D eigenvalue weighted by atomic mass is 10.1. The van der Waals surface area contributed by atoms with Crippen molar-refractivity contribution in [3.63, 3.8) is 0 Å². The van der Waals surface area contributed by atoms with Crippen molar-refractivity contribution in [2.24, 2.45) is 0 Å². The fourth-order valence-corrected chi connectivity index (χ4v) is 3.78. The molecule has 0 bridgehead atoms. The molecule has 1 heterocycles. The second-order valence-corrected chi connectivity index (χ2v) is 8.87. The molecule has 2 aromatic carbocycles. The minimum absolute atomic E-state index is 0.0974. The Balaban J connectivity index is 2.07. The summed E-state index contributed by atoms with van der Waals surface area (Å²) in [6, 6.07) is 12.4. The van der Waals surface area contributed by atoms with Crippen molar-refractivity contribution in [2.45, 2.75) is 25.8 Å². The number of nitrogens with zero attached hydrogens (tertiary/aromatic N) is 1. The maximum absolute atomic E-state index is 11.9. The summed E-state index contributed by atoms with van der Waals surface area (Å²) in [5, 5.41) is 0.327. The Morgan fingerprint density at radius 3 is 2.36 bits per heavy atom. The topological polar surface area (TPSA) is 126 Å². The zero-order valence-electron chi connectivity index (χ0n) is 14.9. The monoisotopic (exact) mass is 423 g/mol. The van der Waals surface area contributed by atoms with E-state index < -0.39 is 24.5 Å². The predicted octanol–water partition coefficient (Wildman–Crippen LogP) is 2.40. The van der Waals surface area contributed by atoms with Gasteiger partial charge in [-0.15, -0.1) is 0 Å². The first-order valence-corrected chi connectivity index (χ1v) is 10.5. The fraction of sp³-hybridized carbons (Fsp3) is 0.222. The lowest BCUT2D eigenvalue weighted by Gasteiger charge is -2.30. The van der Waals surface area contributed by atoms with Crippen LogP contribution < -0.4 is 11.1 Å². The molecule has 3 rings (SSSR count). The highest BCUT2D eigenvalue weighted by Gasteiger charge is 2.30. The maximum atomic E-state index is 11.9. The van der Waals surface area contributed by atoms with Crippen LogP contribution in [0.4, 0.5) is 0 Å². The Kier molecular flexibility index (Phi) is 5.88. The standard InChI is InChI=1S/C18H19ClN3O5P/c1-11(28(25,26)27)22(9-12-5-3-2-4-6-12)10-13-7-14(19)8-15-16(13)21-18(24)17(23)20-15/h2-8,11H,9-10H2,1H3,(H,20,23)(H,21,24)(H2,25,26,27). The lowest BCUT2D eigenvalue weighted by molar-refractivity contribution is 0.208. The number of fused-ring (bicyclic) bond motifs is 1. The van der Waals surface area contributed by atoms with Gasteiger partial charge in [0.1, 0.15) is 5.78 Å². The molecule has 1 atom stereocenters. The number of halogens is 1. The second-order valence-electron chi connectivity index (χ2n) is 6.51. The van der Waals surface area contributed by atoms with Crippen molar-refractivity contribution in [2.75, 3.05) is 0 Å². The van der Waals surface area contributed by atoms with Crippen molar-refractivity contribution in [3.05, 3.63) is 79.3 Å². The van der Waals surface area contributed by atoms with Crippen LogP contribution in [0.25, 0.3) is 11.0 Å². The Labute approximate surface area is 165 Å². The molecule has 0 fully saturated rings. The van der Waals surface area contributed by atoms with E-state index in [9.17, 15) is 23.9 Å². The highest BCUT2D eigenvalue weighted by molar-refractivity contribution is 7.52. The first kappa shape index (κ1) is 20.5. The number of H-pyrrole nitrogens is 2. The molecule has 1 aromatic heterocycles. The van der Waals surface area contributed by atoms with Crippen LogP contribution in [-0.2, 0) is 17.7 Å². The van der Waals surface area contributed by atoms with E-state index in [1.165, 1.54) is 13.0 Å². The van der Waals surface area contributed by atoms with Crippen LogP contribution in [0.3, 0.4) is 0 Å². The zero-order chi connectivity index (χ0) is 20.5. The molecular formula is C18H19ClN3O5P. The molecule has 0 aliphatic heterocycles. The van der Waals surface area contributed by atoms with Crippen molar-refractivity contribution < 1.29 is 14.4 Å². The van der Waals surface area contributed by atoms with E-state index in [2.05, 4.69) is 9.97 Å². The summed E-state index contributed by atoms with van der Waals surface area (Å²) in [6.07, 6.45) is 0. The van der Waals surface area contributed by atoms with Crippen LogP contribution in [0.2, 0.25) is 5.02 Å². The first-order chi connectivity index (χ1) is 13.1. The van der Waals surface area contributed by atoms with Gasteiger partial charge in [-0.25, -0.2) is 0 Å². The van der Waals surface area contributed by atoms with Crippen LogP contribution in [0.15, 0.2) is 52.1 Å². The molecule has 0 aliphatic rings. The third-order valence-corrected chi connectivity index (χ3v) is 6.01. The van der Waals surface area contributed by atoms with Crippen LogP contribution in [0, 0.1) is 0 Å². The van der Waals surface area contributed by atoms with Gasteiger partial charge in [-0.1, -0.05) is 41.9 Å². The van der Waals surface area contributed by atoms with E-state index >= 15 is 0 Å². The van der Waals surface area contributed by atoms with Gasteiger partial charge in [0.2, 0.25) is 0 Å². The van der Waals surface area contributed by atoms with Gasteiger partial charge >= 0.3 is 18.7 Å². The summed E-state index contributed by atoms with van der Waals surface area (Å²) in [6.45, 7) is 1.82. The van der Waals surface area contributed by atoms with Crippen molar-refractivity contribution in [1.29, 1.82) is 0 Å². The molecule has 0 aliphatic carbocycles. The number of aromatic nitrogens is 2. The predicted molar refractivity (Wildman–Crippen MR) is 107 cm³/mol. The number of rotatable bonds is 6. The summed E-state index contributed by atoms with van der Waals surface area (Å²) in [5.41, 5.74) is 0.503. The molecule has 148 valence electrons. The van der Waals surface area contributed by atoms with E-state index in [1.807, 2.05) is 30.3 Å². The summed E-state index contributed by atoms with van der Waals surface area (Å²) >= 11 is 6.14. The van der Waals surface area contributed by atoms with Crippen LogP contribution in [-0.4, -0.2) is 30.4 Å². The fourth-order valence-electron chi connectivity index (χ4n) is 2.95. The van der Waals surface area contributed by atoms with E-state index in [4.69, 9.17) is 11.6 Å². The largest absolute Gasteiger partial charge is 0.342 e. The van der Waals surface area contributed by atoms with Crippen molar-refractivity contribution in [3.8, 4) is 0 Å². The minimum atomic E-state index is -4.41. The van der Waals surface area contributed by atoms with E-state index in [0.717, 1.165) is 5.56 Å². The zero-order valence-corrected chi connectivity index (χ0v) is 16.6. The number of aromatic amines is 2. The number of hydrogen-bond donors (Lipinski definition) is 4. The van der Waals surface area contributed by atoms with Gasteiger partial charge in [-0.05, 0) is 30.2 Å². The molecule has 10 heteroatoms. The summed E-state index contributed by atoms with van der Waals surface area (Å²) in [4.78, 5) is 49.4. The normalized spacial score (nSPS) is 13.2. The smallest absolute Gasteiger partial charge is 0.323 e. The minimum Gasteiger partial charge on any atom is -0.323 e. The Morgan fingerprint density at radius 1 is 1.07 bits per heavy atom. The van der Waals surface area contributed by atoms with Crippen molar-refractivity contribution >= 4 is 30.2 Å². The molecule has 4 N–H and O–H groups in total. The van der Waals surface area contributed by atoms with Gasteiger partial charge in [-0.3, -0.25) is 19.1 Å². The molecule has 0 spiro atoms. The van der Waals surface area contributed by atoms with E-state index in [0.29, 0.717) is 21.6 Å². The first-order valence-electron chi connectivity index (χ1n) is 8.43. The average Bonchev–Trinajstić information content (AvgIpc) is 2.62. The molecule has 0 saturated carbocycles. The molecule has 8 nitrogen and oxygen atoms in total. The average molecular weight is 424 g/mol. The van der Waals surface area contributed by atoms with Gasteiger partial charge in [0, 0.05) is 18.1 Å². The molecule has 28 heavy (non-hydrogen) atoms. The Morgan fingerprint density at radius 2 is 1.71 bits per heavy atom. The van der Waals surface area contributed by atoms with Crippen LogP contribution in [0.5, 0.6) is 0 Å². The molecule has 3 aromatic rings. The number of benzene rings is 2. The second kappa shape index (κ2) is 8.03.